The molecule has 0 saturated heterocycles. The van der Waals surface area contributed by atoms with Gasteiger partial charge in [-0.1, -0.05) is 55.5 Å². The van der Waals surface area contributed by atoms with E-state index in [2.05, 4.69) is 36.3 Å². The van der Waals surface area contributed by atoms with Gasteiger partial charge in [0.05, 0.1) is 5.69 Å². The van der Waals surface area contributed by atoms with Crippen molar-refractivity contribution in [3.8, 4) is 16.9 Å². The molecule has 0 atom stereocenters. The summed E-state index contributed by atoms with van der Waals surface area (Å²) < 4.78 is 1.73. The first-order valence-electron chi connectivity index (χ1n) is 7.69. The maximum Gasteiger partial charge on any atom is 0.172 e. The van der Waals surface area contributed by atoms with E-state index >= 15 is 0 Å². The Morgan fingerprint density at radius 1 is 1.04 bits per heavy atom. The van der Waals surface area contributed by atoms with Crippen LogP contribution >= 0.6 is 0 Å². The zero-order valence-corrected chi connectivity index (χ0v) is 13.5. The molecule has 0 bridgehead atoms. The van der Waals surface area contributed by atoms with Gasteiger partial charge in [0.1, 0.15) is 5.69 Å². The van der Waals surface area contributed by atoms with E-state index in [1.165, 1.54) is 5.56 Å². The van der Waals surface area contributed by atoms with Gasteiger partial charge in [-0.3, -0.25) is 4.79 Å². The van der Waals surface area contributed by atoms with Crippen LogP contribution in [0.15, 0.2) is 48.5 Å². The zero-order valence-electron chi connectivity index (χ0n) is 13.5. The molecule has 3 aromatic rings. The topological polar surface area (TPSA) is 47.8 Å². The predicted octanol–water partition coefficient (Wildman–Crippen LogP) is 4.18. The first-order valence-corrected chi connectivity index (χ1v) is 7.69. The molecular formula is C19H19N3O. The summed E-state index contributed by atoms with van der Waals surface area (Å²) in [7, 11) is 0. The van der Waals surface area contributed by atoms with Crippen molar-refractivity contribution in [3.63, 3.8) is 0 Å². The Balaban J connectivity index is 2.16. The highest BCUT2D eigenvalue weighted by Gasteiger charge is 2.17. The fourth-order valence-electron chi connectivity index (χ4n) is 2.64. The van der Waals surface area contributed by atoms with Crippen LogP contribution in [0.4, 0.5) is 0 Å². The molecule has 1 heterocycles. The molecule has 116 valence electrons. The number of aryl methyl sites for hydroxylation is 1. The maximum atomic E-state index is 11.4. The van der Waals surface area contributed by atoms with E-state index in [0.29, 0.717) is 11.6 Å². The van der Waals surface area contributed by atoms with Crippen molar-refractivity contribution in [1.29, 1.82) is 0 Å². The van der Waals surface area contributed by atoms with Crippen LogP contribution in [-0.2, 0) is 0 Å². The van der Waals surface area contributed by atoms with Crippen molar-refractivity contribution in [2.45, 2.75) is 26.7 Å². The van der Waals surface area contributed by atoms with Gasteiger partial charge in [-0.15, -0.1) is 5.10 Å². The van der Waals surface area contributed by atoms with E-state index in [0.717, 1.165) is 28.8 Å². The van der Waals surface area contributed by atoms with Crippen molar-refractivity contribution < 1.29 is 4.79 Å². The Hall–Kier alpha value is -2.75. The van der Waals surface area contributed by atoms with Crippen LogP contribution < -0.4 is 0 Å². The summed E-state index contributed by atoms with van der Waals surface area (Å²) in [6.07, 6.45) is 0.758. The molecule has 4 nitrogen and oxygen atoms in total. The van der Waals surface area contributed by atoms with Crippen molar-refractivity contribution >= 4 is 6.29 Å². The van der Waals surface area contributed by atoms with Crippen LogP contribution in [-0.4, -0.2) is 21.3 Å². The van der Waals surface area contributed by atoms with Gasteiger partial charge >= 0.3 is 0 Å². The molecule has 0 aliphatic carbocycles. The second kappa shape index (κ2) is 6.16. The zero-order chi connectivity index (χ0) is 16.4. The standard InChI is InChI=1S/C19H19N3O/c1-13(2)15-8-10-16(11-9-15)22-19(18(12-23)20-21-22)17-7-5-4-6-14(17)3/h4-13H,1-3H3. The summed E-state index contributed by atoms with van der Waals surface area (Å²) in [5, 5.41) is 8.22. The third-order valence-corrected chi connectivity index (χ3v) is 4.01. The van der Waals surface area contributed by atoms with Crippen molar-refractivity contribution in [3.05, 3.63) is 65.4 Å². The molecule has 3 rings (SSSR count). The van der Waals surface area contributed by atoms with Crippen LogP contribution in [0.5, 0.6) is 0 Å². The monoisotopic (exact) mass is 305 g/mol. The molecule has 0 amide bonds. The second-order valence-corrected chi connectivity index (χ2v) is 5.91. The SMILES string of the molecule is Cc1ccccc1-c1c(C=O)nnn1-c1ccc(C(C)C)cc1. The van der Waals surface area contributed by atoms with Crippen molar-refractivity contribution in [2.24, 2.45) is 0 Å². The average Bonchev–Trinajstić information content (AvgIpc) is 2.99. The lowest BCUT2D eigenvalue weighted by Gasteiger charge is -2.11. The van der Waals surface area contributed by atoms with Crippen LogP contribution in [0.3, 0.4) is 0 Å². The summed E-state index contributed by atoms with van der Waals surface area (Å²) >= 11 is 0. The number of rotatable bonds is 4. The predicted molar refractivity (Wildman–Crippen MR) is 91.0 cm³/mol. The minimum atomic E-state index is 0.354. The smallest absolute Gasteiger partial charge is 0.172 e. The molecule has 0 unspecified atom stereocenters. The molecule has 0 aliphatic heterocycles. The molecule has 23 heavy (non-hydrogen) atoms. The molecule has 1 aromatic heterocycles. The summed E-state index contributed by atoms with van der Waals surface area (Å²) in [6, 6.07) is 16.1. The fraction of sp³-hybridized carbons (Fsp3) is 0.211. The van der Waals surface area contributed by atoms with E-state index in [9.17, 15) is 4.79 Å². The summed E-state index contributed by atoms with van der Waals surface area (Å²) in [5.74, 6) is 0.473. The maximum absolute atomic E-state index is 11.4. The lowest BCUT2D eigenvalue weighted by atomic mass is 10.0. The van der Waals surface area contributed by atoms with Gasteiger partial charge < -0.3 is 0 Å². The molecular weight excluding hydrogens is 286 g/mol. The van der Waals surface area contributed by atoms with E-state index < -0.39 is 0 Å². The first kappa shape index (κ1) is 15.2. The lowest BCUT2D eigenvalue weighted by molar-refractivity contribution is 0.111. The fourth-order valence-corrected chi connectivity index (χ4v) is 2.64. The Morgan fingerprint density at radius 2 is 1.74 bits per heavy atom. The quantitative estimate of drug-likeness (QED) is 0.679. The number of aromatic nitrogens is 3. The highest BCUT2D eigenvalue weighted by molar-refractivity contribution is 5.84. The minimum Gasteiger partial charge on any atom is -0.296 e. The van der Waals surface area contributed by atoms with Gasteiger partial charge in [0, 0.05) is 5.56 Å². The molecule has 2 aromatic carbocycles. The Labute approximate surface area is 135 Å². The van der Waals surface area contributed by atoms with Crippen molar-refractivity contribution in [2.75, 3.05) is 0 Å². The largest absolute Gasteiger partial charge is 0.296 e. The lowest BCUT2D eigenvalue weighted by Crippen LogP contribution is -2.01. The normalized spacial score (nSPS) is 11.0. The van der Waals surface area contributed by atoms with Gasteiger partial charge in [0.2, 0.25) is 0 Å². The minimum absolute atomic E-state index is 0.354. The second-order valence-electron chi connectivity index (χ2n) is 5.91. The highest BCUT2D eigenvalue weighted by Crippen LogP contribution is 2.27. The molecule has 0 saturated carbocycles. The van der Waals surface area contributed by atoms with Crippen molar-refractivity contribution in [1.82, 2.24) is 15.0 Å². The Morgan fingerprint density at radius 3 is 2.35 bits per heavy atom. The van der Waals surface area contributed by atoms with Crippen LogP contribution in [0.2, 0.25) is 0 Å². The number of carbonyl (C=O) groups excluding carboxylic acids is 1. The molecule has 4 heteroatoms. The van der Waals surface area contributed by atoms with Gasteiger partial charge in [0.25, 0.3) is 0 Å². The number of hydrogen-bond acceptors (Lipinski definition) is 3. The number of hydrogen-bond donors (Lipinski definition) is 0. The number of aldehydes is 1. The molecule has 0 N–H and O–H groups in total. The van der Waals surface area contributed by atoms with Gasteiger partial charge in [-0.2, -0.15) is 0 Å². The number of carbonyl (C=O) groups is 1. The summed E-state index contributed by atoms with van der Waals surface area (Å²) in [6.45, 7) is 6.34. The highest BCUT2D eigenvalue weighted by atomic mass is 16.1. The van der Waals surface area contributed by atoms with Crippen LogP contribution in [0, 0.1) is 6.92 Å². The Kier molecular flexibility index (Phi) is 4.06. The summed E-state index contributed by atoms with van der Waals surface area (Å²) in [4.78, 5) is 11.4. The van der Waals surface area contributed by atoms with Gasteiger partial charge in [0.15, 0.2) is 12.0 Å². The van der Waals surface area contributed by atoms with Gasteiger partial charge in [-0.25, -0.2) is 4.68 Å². The average molecular weight is 305 g/mol. The third kappa shape index (κ3) is 2.80. The van der Waals surface area contributed by atoms with Crippen LogP contribution in [0.1, 0.15) is 41.4 Å². The van der Waals surface area contributed by atoms with E-state index in [-0.39, 0.29) is 0 Å². The third-order valence-electron chi connectivity index (χ3n) is 4.01. The molecule has 0 aliphatic rings. The van der Waals surface area contributed by atoms with E-state index in [4.69, 9.17) is 0 Å². The summed E-state index contributed by atoms with van der Waals surface area (Å²) in [5.41, 5.74) is 5.29. The number of nitrogens with zero attached hydrogens (tertiary/aromatic N) is 3. The van der Waals surface area contributed by atoms with Gasteiger partial charge in [-0.05, 0) is 36.1 Å². The first-order chi connectivity index (χ1) is 11.1. The Bertz CT molecular complexity index is 832. The molecule has 0 radical (unpaired) electrons. The van der Waals surface area contributed by atoms with Crippen LogP contribution in [0.25, 0.3) is 16.9 Å². The van der Waals surface area contributed by atoms with E-state index in [1.54, 1.807) is 4.68 Å². The number of benzene rings is 2. The molecule has 0 spiro atoms. The van der Waals surface area contributed by atoms with E-state index in [1.807, 2.05) is 43.3 Å². The molecule has 0 fully saturated rings.